The lowest BCUT2D eigenvalue weighted by Crippen LogP contribution is -2.18. The number of benzene rings is 3. The Morgan fingerprint density at radius 1 is 0.526 bits per heavy atom. The summed E-state index contributed by atoms with van der Waals surface area (Å²) in [6, 6.07) is 15.4. The van der Waals surface area contributed by atoms with Crippen molar-refractivity contribution in [1.82, 2.24) is 0 Å². The minimum Gasteiger partial charge on any atom is -0.461 e. The van der Waals surface area contributed by atoms with Crippen molar-refractivity contribution in [3.63, 3.8) is 0 Å². The van der Waals surface area contributed by atoms with Gasteiger partial charge in [0.15, 0.2) is 12.2 Å². The van der Waals surface area contributed by atoms with Gasteiger partial charge in [0, 0.05) is 11.1 Å². The molecule has 2 atom stereocenters. The van der Waals surface area contributed by atoms with Gasteiger partial charge in [-0.3, -0.25) is 9.59 Å². The summed E-state index contributed by atoms with van der Waals surface area (Å²) in [5, 5.41) is 13.0. The SMILES string of the molecule is Cc1cc2c(cc1C)NC1=C(N2)OC(c2ccc(C3OC4=C(Nc5cc(C)c(C)cc5N4)C3=O)cc2)C1=O. The highest BCUT2D eigenvalue weighted by molar-refractivity contribution is 6.07. The molecule has 7 rings (SSSR count). The van der Waals surface area contributed by atoms with Gasteiger partial charge in [0.2, 0.25) is 23.3 Å². The van der Waals surface area contributed by atoms with Crippen molar-refractivity contribution >= 4 is 34.3 Å². The average Bonchev–Trinajstić information content (AvgIpc) is 3.39. The second-order valence-corrected chi connectivity index (χ2v) is 10.3. The van der Waals surface area contributed by atoms with Crippen LogP contribution in [0.2, 0.25) is 0 Å². The summed E-state index contributed by atoms with van der Waals surface area (Å²) in [5.41, 5.74) is 10.3. The molecule has 3 aromatic carbocycles. The number of aryl methyl sites for hydroxylation is 4. The number of ketones is 2. The fourth-order valence-electron chi connectivity index (χ4n) is 5.21. The first-order valence-corrected chi connectivity index (χ1v) is 12.6. The van der Waals surface area contributed by atoms with Crippen LogP contribution in [0, 0.1) is 27.7 Å². The highest BCUT2D eigenvalue weighted by Gasteiger charge is 2.41. The number of anilines is 4. The predicted molar refractivity (Wildman–Crippen MR) is 144 cm³/mol. The van der Waals surface area contributed by atoms with Crippen molar-refractivity contribution in [1.29, 1.82) is 0 Å². The van der Waals surface area contributed by atoms with Crippen LogP contribution in [-0.2, 0) is 19.1 Å². The summed E-state index contributed by atoms with van der Waals surface area (Å²) < 4.78 is 12.1. The van der Waals surface area contributed by atoms with E-state index in [4.69, 9.17) is 9.47 Å². The van der Waals surface area contributed by atoms with E-state index in [2.05, 4.69) is 21.3 Å². The van der Waals surface area contributed by atoms with E-state index >= 15 is 0 Å². The van der Waals surface area contributed by atoms with Gasteiger partial charge >= 0.3 is 0 Å². The lowest BCUT2D eigenvalue weighted by molar-refractivity contribution is -0.122. The van der Waals surface area contributed by atoms with Crippen LogP contribution in [0.25, 0.3) is 0 Å². The topological polar surface area (TPSA) is 101 Å². The van der Waals surface area contributed by atoms with Gasteiger partial charge in [-0.05, 0) is 74.2 Å². The van der Waals surface area contributed by atoms with Crippen LogP contribution in [0.4, 0.5) is 22.7 Å². The van der Waals surface area contributed by atoms with Crippen LogP contribution < -0.4 is 21.3 Å². The molecular formula is C30H26N4O4. The lowest BCUT2D eigenvalue weighted by atomic mass is 9.99. The van der Waals surface area contributed by atoms with Crippen LogP contribution in [0.15, 0.2) is 71.7 Å². The maximum atomic E-state index is 13.2. The van der Waals surface area contributed by atoms with Crippen molar-refractivity contribution in [3.05, 3.63) is 105 Å². The fourth-order valence-corrected chi connectivity index (χ4v) is 5.21. The van der Waals surface area contributed by atoms with E-state index in [9.17, 15) is 9.59 Å². The number of nitrogens with one attached hydrogen (secondary N) is 4. The van der Waals surface area contributed by atoms with Gasteiger partial charge in [-0.2, -0.15) is 0 Å². The zero-order valence-electron chi connectivity index (χ0n) is 21.4. The van der Waals surface area contributed by atoms with Crippen molar-refractivity contribution in [3.8, 4) is 0 Å². The van der Waals surface area contributed by atoms with Crippen molar-refractivity contribution < 1.29 is 19.1 Å². The molecule has 0 amide bonds. The fraction of sp³-hybridized carbons (Fsp3) is 0.200. The van der Waals surface area contributed by atoms with E-state index in [-0.39, 0.29) is 11.6 Å². The molecule has 38 heavy (non-hydrogen) atoms. The second kappa shape index (κ2) is 7.89. The minimum atomic E-state index is -0.776. The van der Waals surface area contributed by atoms with E-state index in [1.807, 2.05) is 76.2 Å². The molecule has 4 N–H and O–H groups in total. The molecule has 4 aliphatic rings. The molecule has 0 saturated carbocycles. The summed E-state index contributed by atoms with van der Waals surface area (Å²) in [6.07, 6.45) is -1.55. The molecule has 0 radical (unpaired) electrons. The lowest BCUT2D eigenvalue weighted by Gasteiger charge is -2.21. The third kappa shape index (κ3) is 3.30. The van der Waals surface area contributed by atoms with E-state index in [1.54, 1.807) is 0 Å². The Morgan fingerprint density at radius 2 is 0.842 bits per heavy atom. The van der Waals surface area contributed by atoms with E-state index in [0.717, 1.165) is 45.0 Å². The minimum absolute atomic E-state index is 0.147. The molecule has 0 saturated heterocycles. The Kier molecular flexibility index (Phi) is 4.67. The quantitative estimate of drug-likeness (QED) is 0.356. The first-order chi connectivity index (χ1) is 18.3. The number of fused-ring (bicyclic) bond motifs is 2. The zero-order valence-corrected chi connectivity index (χ0v) is 21.4. The number of hydrogen-bond acceptors (Lipinski definition) is 8. The normalized spacial score (nSPS) is 20.7. The predicted octanol–water partition coefficient (Wildman–Crippen LogP) is 5.61. The molecule has 0 fully saturated rings. The van der Waals surface area contributed by atoms with Crippen LogP contribution in [0.1, 0.15) is 45.6 Å². The van der Waals surface area contributed by atoms with Crippen molar-refractivity contribution in [2.45, 2.75) is 39.9 Å². The smallest absolute Gasteiger partial charge is 0.229 e. The van der Waals surface area contributed by atoms with Gasteiger partial charge in [-0.15, -0.1) is 0 Å². The molecule has 2 unspecified atom stereocenters. The van der Waals surface area contributed by atoms with Gasteiger partial charge in [-0.1, -0.05) is 24.3 Å². The largest absolute Gasteiger partial charge is 0.461 e. The Balaban J connectivity index is 1.08. The summed E-state index contributed by atoms with van der Waals surface area (Å²) >= 11 is 0. The van der Waals surface area contributed by atoms with Gasteiger partial charge < -0.3 is 30.7 Å². The molecule has 3 aromatic rings. The summed E-state index contributed by atoms with van der Waals surface area (Å²) in [6.45, 7) is 8.17. The number of ether oxygens (including phenoxy) is 2. The Morgan fingerprint density at radius 3 is 1.18 bits per heavy atom. The number of rotatable bonds is 2. The highest BCUT2D eigenvalue weighted by atomic mass is 16.5. The average molecular weight is 507 g/mol. The molecule has 8 heteroatoms. The molecule has 0 aliphatic carbocycles. The first kappa shape index (κ1) is 22.5. The second-order valence-electron chi connectivity index (χ2n) is 10.3. The monoisotopic (exact) mass is 506 g/mol. The van der Waals surface area contributed by atoms with Gasteiger partial charge in [0.1, 0.15) is 11.4 Å². The molecule has 0 aromatic heterocycles. The Hall–Kier alpha value is -4.72. The number of hydrogen-bond donors (Lipinski definition) is 4. The zero-order chi connectivity index (χ0) is 26.3. The Labute approximate surface area is 219 Å². The van der Waals surface area contributed by atoms with Crippen LogP contribution in [-0.4, -0.2) is 11.6 Å². The van der Waals surface area contributed by atoms with E-state index in [0.29, 0.717) is 34.3 Å². The maximum Gasteiger partial charge on any atom is 0.229 e. The van der Waals surface area contributed by atoms with Crippen molar-refractivity contribution in [2.24, 2.45) is 0 Å². The molecule has 190 valence electrons. The maximum absolute atomic E-state index is 13.2. The van der Waals surface area contributed by atoms with Gasteiger partial charge in [0.05, 0.1) is 22.7 Å². The molecule has 8 nitrogen and oxygen atoms in total. The van der Waals surface area contributed by atoms with Crippen LogP contribution in [0.3, 0.4) is 0 Å². The number of carbonyl (C=O) groups is 2. The van der Waals surface area contributed by atoms with E-state index in [1.165, 1.54) is 0 Å². The third-order valence-electron chi connectivity index (χ3n) is 7.72. The van der Waals surface area contributed by atoms with Crippen molar-refractivity contribution in [2.75, 3.05) is 21.3 Å². The van der Waals surface area contributed by atoms with Crippen LogP contribution >= 0.6 is 0 Å². The number of carbonyl (C=O) groups excluding carboxylic acids is 2. The van der Waals surface area contributed by atoms with Gasteiger partial charge in [0.25, 0.3) is 0 Å². The Bertz CT molecular complexity index is 1530. The first-order valence-electron chi connectivity index (χ1n) is 12.6. The molecular weight excluding hydrogens is 480 g/mol. The third-order valence-corrected chi connectivity index (χ3v) is 7.72. The summed E-state index contributed by atoms with van der Waals surface area (Å²) in [5.74, 6) is 0.554. The number of Topliss-reactive ketones (excluding diaryl/α,β-unsaturated/α-hetero) is 2. The molecule has 0 spiro atoms. The summed E-state index contributed by atoms with van der Waals surface area (Å²) in [4.78, 5) is 26.5. The molecule has 0 bridgehead atoms. The summed E-state index contributed by atoms with van der Waals surface area (Å²) in [7, 11) is 0. The van der Waals surface area contributed by atoms with Gasteiger partial charge in [-0.25, -0.2) is 0 Å². The molecule has 4 heterocycles. The standard InChI is InChI=1S/C30H26N4O4/c1-13-9-19-21(11-15(13)3)33-29-23(31-19)25(35)27(37-29)17-5-7-18(8-6-17)28-26(36)24-30(38-28)34-22-12-16(4)14(2)10-20(22)32-24/h5-12,27-28,31-34H,1-4H3. The highest BCUT2D eigenvalue weighted by Crippen LogP contribution is 2.43. The van der Waals surface area contributed by atoms with E-state index < -0.39 is 12.2 Å². The van der Waals surface area contributed by atoms with Crippen LogP contribution in [0.5, 0.6) is 0 Å². The molecule has 4 aliphatic heterocycles.